The summed E-state index contributed by atoms with van der Waals surface area (Å²) in [5.41, 5.74) is 1.10. The van der Waals surface area contributed by atoms with E-state index in [-0.39, 0.29) is 5.92 Å². The largest absolute Gasteiger partial charge is 0.378 e. The molecule has 132 valence electrons. The van der Waals surface area contributed by atoms with Crippen molar-refractivity contribution in [1.29, 1.82) is 0 Å². The average Bonchev–Trinajstić information content (AvgIpc) is 2.64. The van der Waals surface area contributed by atoms with Gasteiger partial charge in [0.1, 0.15) is 6.61 Å². The molecule has 0 N–H and O–H groups in total. The third kappa shape index (κ3) is 4.49. The molecule has 7 nitrogen and oxygen atoms in total. The van der Waals surface area contributed by atoms with Gasteiger partial charge in [-0.15, -0.1) is 0 Å². The van der Waals surface area contributed by atoms with Crippen molar-refractivity contribution in [2.75, 3.05) is 46.5 Å². The van der Waals surface area contributed by atoms with E-state index in [1.807, 2.05) is 17.3 Å². The summed E-state index contributed by atoms with van der Waals surface area (Å²) < 4.78 is 10.3. The lowest BCUT2D eigenvalue weighted by Crippen LogP contribution is -2.46. The highest BCUT2D eigenvalue weighted by Gasteiger charge is 2.29. The molecule has 2 aliphatic rings. The number of likely N-dealkylation sites (tertiary alicyclic amines) is 1. The van der Waals surface area contributed by atoms with Crippen molar-refractivity contribution in [3.05, 3.63) is 23.8 Å². The molecule has 2 aliphatic heterocycles. The summed E-state index contributed by atoms with van der Waals surface area (Å²) in [6.45, 7) is 5.99. The third-order valence-corrected chi connectivity index (χ3v) is 4.70. The zero-order chi connectivity index (χ0) is 16.8. The van der Waals surface area contributed by atoms with Crippen LogP contribution in [0.3, 0.4) is 0 Å². The second-order valence-corrected chi connectivity index (χ2v) is 6.43. The van der Waals surface area contributed by atoms with Gasteiger partial charge in [0, 0.05) is 50.6 Å². The van der Waals surface area contributed by atoms with E-state index in [0.717, 1.165) is 51.1 Å². The lowest BCUT2D eigenvalue weighted by molar-refractivity contribution is -0.141. The molecule has 2 saturated heterocycles. The van der Waals surface area contributed by atoms with Crippen LogP contribution < -0.4 is 0 Å². The van der Waals surface area contributed by atoms with E-state index < -0.39 is 0 Å². The maximum atomic E-state index is 12.5. The number of carbonyl (C=O) groups is 1. The molecule has 0 bridgehead atoms. The highest BCUT2D eigenvalue weighted by atomic mass is 16.5. The fourth-order valence-corrected chi connectivity index (χ4v) is 3.30. The minimum atomic E-state index is 0.166. The van der Waals surface area contributed by atoms with E-state index >= 15 is 0 Å². The third-order valence-electron chi connectivity index (χ3n) is 4.70. The zero-order valence-corrected chi connectivity index (χ0v) is 14.3. The minimum Gasteiger partial charge on any atom is -0.378 e. The van der Waals surface area contributed by atoms with E-state index in [1.165, 1.54) is 0 Å². The molecule has 1 amide bonds. The molecule has 0 saturated carbocycles. The Kier molecular flexibility index (Phi) is 6.12. The average molecular weight is 334 g/mol. The number of nitrogens with zero attached hydrogens (tertiary/aromatic N) is 4. The number of amides is 1. The first kappa shape index (κ1) is 17.3. The van der Waals surface area contributed by atoms with E-state index in [1.54, 1.807) is 7.11 Å². The van der Waals surface area contributed by atoms with Crippen molar-refractivity contribution in [3.8, 4) is 0 Å². The SMILES string of the molecule is COCc1ncc(CN2CCC(C(=O)N3CCOCC3)CC2)cn1. The van der Waals surface area contributed by atoms with Gasteiger partial charge < -0.3 is 14.4 Å². The monoisotopic (exact) mass is 334 g/mol. The van der Waals surface area contributed by atoms with E-state index in [0.29, 0.717) is 31.6 Å². The molecule has 0 unspecified atom stereocenters. The summed E-state index contributed by atoms with van der Waals surface area (Å²) in [7, 11) is 1.64. The van der Waals surface area contributed by atoms with Gasteiger partial charge in [-0.05, 0) is 25.9 Å². The second-order valence-electron chi connectivity index (χ2n) is 6.43. The summed E-state index contributed by atoms with van der Waals surface area (Å²) in [4.78, 5) is 25.5. The summed E-state index contributed by atoms with van der Waals surface area (Å²) in [5.74, 6) is 1.18. The Morgan fingerprint density at radius 2 is 1.88 bits per heavy atom. The number of methoxy groups -OCH3 is 1. The van der Waals surface area contributed by atoms with Gasteiger partial charge in [-0.2, -0.15) is 0 Å². The molecule has 24 heavy (non-hydrogen) atoms. The molecular weight excluding hydrogens is 308 g/mol. The molecule has 0 aliphatic carbocycles. The number of piperidine rings is 1. The Hall–Kier alpha value is -1.57. The van der Waals surface area contributed by atoms with Gasteiger partial charge in [0.2, 0.25) is 5.91 Å². The highest BCUT2D eigenvalue weighted by Crippen LogP contribution is 2.21. The maximum absolute atomic E-state index is 12.5. The molecule has 0 atom stereocenters. The number of aromatic nitrogens is 2. The first-order valence-electron chi connectivity index (χ1n) is 8.64. The summed E-state index contributed by atoms with van der Waals surface area (Å²) in [6, 6.07) is 0. The molecule has 0 aromatic carbocycles. The van der Waals surface area contributed by atoms with Crippen LogP contribution in [-0.4, -0.2) is 72.2 Å². The highest BCUT2D eigenvalue weighted by molar-refractivity contribution is 5.79. The van der Waals surface area contributed by atoms with Crippen molar-refractivity contribution >= 4 is 5.91 Å². The van der Waals surface area contributed by atoms with Crippen molar-refractivity contribution in [2.45, 2.75) is 26.0 Å². The van der Waals surface area contributed by atoms with E-state index in [9.17, 15) is 4.79 Å². The normalized spacial score (nSPS) is 20.3. The van der Waals surface area contributed by atoms with Gasteiger partial charge in [-0.25, -0.2) is 9.97 Å². The van der Waals surface area contributed by atoms with Crippen LogP contribution in [0.25, 0.3) is 0 Å². The molecule has 3 heterocycles. The molecule has 1 aromatic rings. The predicted molar refractivity (Wildman–Crippen MR) is 88.1 cm³/mol. The number of hydrogen-bond acceptors (Lipinski definition) is 6. The number of carbonyl (C=O) groups excluding carboxylic acids is 1. The van der Waals surface area contributed by atoms with Crippen molar-refractivity contribution in [3.63, 3.8) is 0 Å². The smallest absolute Gasteiger partial charge is 0.225 e. The number of rotatable bonds is 5. The van der Waals surface area contributed by atoms with Gasteiger partial charge in [0.05, 0.1) is 13.2 Å². The first-order valence-corrected chi connectivity index (χ1v) is 8.64. The Labute approximate surface area is 143 Å². The van der Waals surface area contributed by atoms with Crippen LogP contribution in [0.4, 0.5) is 0 Å². The van der Waals surface area contributed by atoms with Gasteiger partial charge in [-0.1, -0.05) is 0 Å². The van der Waals surface area contributed by atoms with Crippen LogP contribution in [-0.2, 0) is 27.4 Å². The number of hydrogen-bond donors (Lipinski definition) is 0. The second kappa shape index (κ2) is 8.50. The summed E-state index contributed by atoms with van der Waals surface area (Å²) >= 11 is 0. The quantitative estimate of drug-likeness (QED) is 0.789. The molecule has 3 rings (SSSR count). The Balaban J connectivity index is 1.45. The Bertz CT molecular complexity index is 523. The number of morpholine rings is 1. The van der Waals surface area contributed by atoms with Crippen LogP contribution in [0.15, 0.2) is 12.4 Å². The van der Waals surface area contributed by atoms with Crippen LogP contribution in [0.2, 0.25) is 0 Å². The van der Waals surface area contributed by atoms with Crippen LogP contribution in [0.5, 0.6) is 0 Å². The van der Waals surface area contributed by atoms with Gasteiger partial charge in [0.15, 0.2) is 5.82 Å². The Morgan fingerprint density at radius 3 is 2.50 bits per heavy atom. The van der Waals surface area contributed by atoms with E-state index in [2.05, 4.69) is 14.9 Å². The summed E-state index contributed by atoms with van der Waals surface area (Å²) in [6.07, 6.45) is 5.59. The van der Waals surface area contributed by atoms with Crippen molar-refractivity contribution < 1.29 is 14.3 Å². The first-order chi connectivity index (χ1) is 11.8. The minimum absolute atomic E-state index is 0.166. The van der Waals surface area contributed by atoms with E-state index in [4.69, 9.17) is 9.47 Å². The fourth-order valence-electron chi connectivity index (χ4n) is 3.30. The number of ether oxygens (including phenoxy) is 2. The molecule has 1 aromatic heterocycles. The van der Waals surface area contributed by atoms with Crippen molar-refractivity contribution in [2.24, 2.45) is 5.92 Å². The van der Waals surface area contributed by atoms with Crippen molar-refractivity contribution in [1.82, 2.24) is 19.8 Å². The van der Waals surface area contributed by atoms with Crippen LogP contribution in [0.1, 0.15) is 24.2 Å². The van der Waals surface area contributed by atoms with Gasteiger partial charge in [-0.3, -0.25) is 9.69 Å². The zero-order valence-electron chi connectivity index (χ0n) is 14.3. The Morgan fingerprint density at radius 1 is 1.21 bits per heavy atom. The standard InChI is InChI=1S/C17H26N4O3/c1-23-13-16-18-10-14(11-19-16)12-20-4-2-15(3-5-20)17(22)21-6-8-24-9-7-21/h10-11,15H,2-9,12-13H2,1H3. The molecular formula is C17H26N4O3. The molecule has 0 spiro atoms. The molecule has 7 heteroatoms. The lowest BCUT2D eigenvalue weighted by atomic mass is 9.95. The van der Waals surface area contributed by atoms with Crippen LogP contribution in [0, 0.1) is 5.92 Å². The van der Waals surface area contributed by atoms with Crippen LogP contribution >= 0.6 is 0 Å². The fraction of sp³-hybridized carbons (Fsp3) is 0.706. The predicted octanol–water partition coefficient (Wildman–Crippen LogP) is 0.694. The molecule has 0 radical (unpaired) electrons. The van der Waals surface area contributed by atoms with Gasteiger partial charge >= 0.3 is 0 Å². The lowest BCUT2D eigenvalue weighted by Gasteiger charge is -2.35. The van der Waals surface area contributed by atoms with Gasteiger partial charge in [0.25, 0.3) is 0 Å². The topological polar surface area (TPSA) is 67.8 Å². The maximum Gasteiger partial charge on any atom is 0.225 e. The summed E-state index contributed by atoms with van der Waals surface area (Å²) in [5, 5.41) is 0. The molecule has 2 fully saturated rings.